The van der Waals surface area contributed by atoms with Gasteiger partial charge in [-0.3, -0.25) is 0 Å². The summed E-state index contributed by atoms with van der Waals surface area (Å²) in [7, 11) is 0. The molecule has 0 bridgehead atoms. The first kappa shape index (κ1) is 10.3. The molecule has 0 aromatic heterocycles. The van der Waals surface area contributed by atoms with Crippen LogP contribution in [0.25, 0.3) is 0 Å². The summed E-state index contributed by atoms with van der Waals surface area (Å²) in [5.74, 6) is 0. The lowest BCUT2D eigenvalue weighted by Gasteiger charge is -2.36. The molecule has 2 rings (SSSR count). The van der Waals surface area contributed by atoms with Gasteiger partial charge in [-0.25, -0.2) is 0 Å². The van der Waals surface area contributed by atoms with E-state index in [2.05, 4.69) is 0 Å². The molecule has 2 fully saturated rings. The van der Waals surface area contributed by atoms with Crippen molar-refractivity contribution in [3.63, 3.8) is 0 Å². The van der Waals surface area contributed by atoms with Crippen LogP contribution in [-0.4, -0.2) is 17.3 Å². The molecule has 0 saturated heterocycles. The molecule has 12 heavy (non-hydrogen) atoms. The van der Waals surface area contributed by atoms with Crippen molar-refractivity contribution in [2.45, 2.75) is 44.1 Å². The van der Waals surface area contributed by atoms with Crippen LogP contribution in [0.3, 0.4) is 0 Å². The second kappa shape index (κ2) is 3.17. The molecule has 0 heterocycles. The van der Waals surface area contributed by atoms with E-state index < -0.39 is 5.60 Å². The van der Waals surface area contributed by atoms with Crippen molar-refractivity contribution in [3.05, 3.63) is 0 Å². The summed E-state index contributed by atoms with van der Waals surface area (Å²) in [4.78, 5) is 0. The van der Waals surface area contributed by atoms with Gasteiger partial charge in [-0.05, 0) is 43.9 Å². The highest BCUT2D eigenvalue weighted by atomic mass is 35.5. The Morgan fingerprint density at radius 3 is 2.33 bits per heavy atom. The molecule has 1 atom stereocenters. The minimum absolute atomic E-state index is 0. The fourth-order valence-corrected chi connectivity index (χ4v) is 2.45. The van der Waals surface area contributed by atoms with Crippen LogP contribution < -0.4 is 5.73 Å². The van der Waals surface area contributed by atoms with Gasteiger partial charge in [0.25, 0.3) is 0 Å². The van der Waals surface area contributed by atoms with Crippen LogP contribution in [0.5, 0.6) is 0 Å². The van der Waals surface area contributed by atoms with Crippen LogP contribution in [0.4, 0.5) is 0 Å². The largest absolute Gasteiger partial charge is 0.389 e. The first-order valence-corrected chi connectivity index (χ1v) is 4.61. The molecule has 0 aromatic carbocycles. The Labute approximate surface area is 79.9 Å². The van der Waals surface area contributed by atoms with E-state index in [-0.39, 0.29) is 12.4 Å². The van der Waals surface area contributed by atoms with Gasteiger partial charge in [-0.1, -0.05) is 0 Å². The molecular formula is C9H18ClNO. The summed E-state index contributed by atoms with van der Waals surface area (Å²) in [5, 5.41) is 9.93. The topological polar surface area (TPSA) is 46.2 Å². The number of rotatable bonds is 1. The molecule has 3 heteroatoms. The fourth-order valence-electron chi connectivity index (χ4n) is 2.45. The molecule has 3 N–H and O–H groups in total. The molecule has 2 aliphatic carbocycles. The molecule has 1 unspecified atom stereocenters. The van der Waals surface area contributed by atoms with E-state index in [0.29, 0.717) is 12.0 Å². The van der Waals surface area contributed by atoms with E-state index >= 15 is 0 Å². The van der Waals surface area contributed by atoms with Gasteiger partial charge >= 0.3 is 0 Å². The molecule has 0 aliphatic heterocycles. The van der Waals surface area contributed by atoms with Crippen LogP contribution in [-0.2, 0) is 0 Å². The Morgan fingerprint density at radius 2 is 1.83 bits per heavy atom. The van der Waals surface area contributed by atoms with Gasteiger partial charge in [0.2, 0.25) is 0 Å². The van der Waals surface area contributed by atoms with E-state index in [1.165, 1.54) is 25.7 Å². The summed E-state index contributed by atoms with van der Waals surface area (Å²) in [5.41, 5.74) is 5.57. The summed E-state index contributed by atoms with van der Waals surface area (Å²) in [6, 6.07) is 0. The zero-order chi connectivity index (χ0) is 7.95. The van der Waals surface area contributed by atoms with Crippen molar-refractivity contribution in [1.82, 2.24) is 0 Å². The van der Waals surface area contributed by atoms with Crippen molar-refractivity contribution >= 4 is 12.4 Å². The minimum Gasteiger partial charge on any atom is -0.389 e. The Kier molecular flexibility index (Phi) is 2.72. The van der Waals surface area contributed by atoms with Crippen molar-refractivity contribution in [1.29, 1.82) is 0 Å². The van der Waals surface area contributed by atoms with Gasteiger partial charge in [-0.15, -0.1) is 12.4 Å². The third-order valence-corrected chi connectivity index (χ3v) is 3.39. The molecule has 72 valence electrons. The molecule has 2 saturated carbocycles. The lowest BCUT2D eigenvalue weighted by Crippen LogP contribution is -2.42. The summed E-state index contributed by atoms with van der Waals surface area (Å²) >= 11 is 0. The average Bonchev–Trinajstić information content (AvgIpc) is 2.69. The van der Waals surface area contributed by atoms with Crippen molar-refractivity contribution in [3.8, 4) is 0 Å². The van der Waals surface area contributed by atoms with Gasteiger partial charge in [0.15, 0.2) is 0 Å². The van der Waals surface area contributed by atoms with Gasteiger partial charge in [0.05, 0.1) is 5.60 Å². The monoisotopic (exact) mass is 191 g/mol. The van der Waals surface area contributed by atoms with E-state index in [1.807, 2.05) is 0 Å². The molecule has 0 amide bonds. The number of hydrogen-bond donors (Lipinski definition) is 2. The summed E-state index contributed by atoms with van der Waals surface area (Å²) in [6.07, 6.45) is 7.05. The first-order valence-electron chi connectivity index (χ1n) is 4.61. The highest BCUT2D eigenvalue weighted by molar-refractivity contribution is 5.85. The maximum Gasteiger partial charge on any atom is 0.0774 e. The van der Waals surface area contributed by atoms with Gasteiger partial charge in [-0.2, -0.15) is 0 Å². The summed E-state index contributed by atoms with van der Waals surface area (Å²) in [6.45, 7) is 0.453. The predicted octanol–water partition coefficient (Wildman–Crippen LogP) is 1.45. The smallest absolute Gasteiger partial charge is 0.0774 e. The number of aliphatic hydroxyl groups is 1. The molecule has 2 nitrogen and oxygen atoms in total. The van der Waals surface area contributed by atoms with Crippen molar-refractivity contribution < 1.29 is 5.11 Å². The van der Waals surface area contributed by atoms with Crippen LogP contribution in [0.15, 0.2) is 0 Å². The number of halogens is 1. The molecular weight excluding hydrogens is 174 g/mol. The van der Waals surface area contributed by atoms with E-state index in [1.54, 1.807) is 0 Å². The molecule has 0 radical (unpaired) electrons. The third-order valence-electron chi connectivity index (χ3n) is 3.39. The predicted molar refractivity (Wildman–Crippen MR) is 51.4 cm³/mol. The van der Waals surface area contributed by atoms with Crippen LogP contribution in [0.2, 0.25) is 0 Å². The molecule has 2 aliphatic rings. The Bertz CT molecular complexity index is 170. The standard InChI is InChI=1S/C9H17NO.ClH/c10-7-9(11)3-1-2-8(6-9)4-5-8;/h11H,1-7,10H2;1H. The van der Waals surface area contributed by atoms with Crippen LogP contribution >= 0.6 is 12.4 Å². The lowest BCUT2D eigenvalue weighted by molar-refractivity contribution is -0.0140. The van der Waals surface area contributed by atoms with Crippen molar-refractivity contribution in [2.24, 2.45) is 11.1 Å². The van der Waals surface area contributed by atoms with E-state index in [4.69, 9.17) is 5.73 Å². The SMILES string of the molecule is Cl.NCC1(O)CCCC2(CC2)C1. The van der Waals surface area contributed by atoms with Crippen molar-refractivity contribution in [2.75, 3.05) is 6.54 Å². The lowest BCUT2D eigenvalue weighted by atomic mass is 9.76. The third kappa shape index (κ3) is 1.76. The van der Waals surface area contributed by atoms with Gasteiger partial charge in [0, 0.05) is 6.54 Å². The van der Waals surface area contributed by atoms with Crippen LogP contribution in [0, 0.1) is 5.41 Å². The van der Waals surface area contributed by atoms with Gasteiger partial charge in [0.1, 0.15) is 0 Å². The Hall–Kier alpha value is 0.210. The zero-order valence-corrected chi connectivity index (χ0v) is 8.20. The first-order chi connectivity index (χ1) is 5.18. The highest BCUT2D eigenvalue weighted by Gasteiger charge is 2.50. The maximum absolute atomic E-state index is 9.93. The molecule has 0 aromatic rings. The molecule has 1 spiro atoms. The Morgan fingerprint density at radius 1 is 1.17 bits per heavy atom. The van der Waals surface area contributed by atoms with Crippen LogP contribution in [0.1, 0.15) is 38.5 Å². The van der Waals surface area contributed by atoms with E-state index in [9.17, 15) is 5.11 Å². The average molecular weight is 192 g/mol. The number of hydrogen-bond acceptors (Lipinski definition) is 2. The fraction of sp³-hybridized carbons (Fsp3) is 1.00. The highest BCUT2D eigenvalue weighted by Crippen LogP contribution is 2.58. The minimum atomic E-state index is -0.505. The zero-order valence-electron chi connectivity index (χ0n) is 7.38. The summed E-state index contributed by atoms with van der Waals surface area (Å²) < 4.78 is 0. The normalized spacial score (nSPS) is 37.5. The maximum atomic E-state index is 9.93. The second-order valence-electron chi connectivity index (χ2n) is 4.46. The van der Waals surface area contributed by atoms with Gasteiger partial charge < -0.3 is 10.8 Å². The quantitative estimate of drug-likeness (QED) is 0.659. The van der Waals surface area contributed by atoms with E-state index in [0.717, 1.165) is 12.8 Å². The Balaban J connectivity index is 0.000000720. The second-order valence-corrected chi connectivity index (χ2v) is 4.46. The number of nitrogens with two attached hydrogens (primary N) is 1.